The first-order valence-electron chi connectivity index (χ1n) is 8.76. The average molecular weight is 313 g/mol. The molecule has 0 radical (unpaired) electrons. The van der Waals surface area contributed by atoms with Crippen LogP contribution in [0.2, 0.25) is 0 Å². The molecule has 1 heterocycles. The van der Waals surface area contributed by atoms with Gasteiger partial charge in [0, 0.05) is 11.6 Å². The van der Waals surface area contributed by atoms with E-state index in [-0.39, 0.29) is 0 Å². The van der Waals surface area contributed by atoms with E-state index in [2.05, 4.69) is 60.2 Å². The molecule has 0 bridgehead atoms. The summed E-state index contributed by atoms with van der Waals surface area (Å²) in [6, 6.07) is 9.10. The van der Waals surface area contributed by atoms with Gasteiger partial charge in [0.05, 0.1) is 6.54 Å². The molecule has 0 atom stereocenters. The van der Waals surface area contributed by atoms with Crippen molar-refractivity contribution in [3.8, 4) is 11.4 Å². The van der Waals surface area contributed by atoms with E-state index in [4.69, 9.17) is 4.52 Å². The number of benzene rings is 1. The highest BCUT2D eigenvalue weighted by Gasteiger charge is 2.20. The first-order chi connectivity index (χ1) is 11.1. The van der Waals surface area contributed by atoms with Crippen LogP contribution in [0.4, 0.5) is 0 Å². The summed E-state index contributed by atoms with van der Waals surface area (Å²) in [5.41, 5.74) is 2.35. The van der Waals surface area contributed by atoms with Crippen molar-refractivity contribution in [2.75, 3.05) is 7.05 Å². The van der Waals surface area contributed by atoms with E-state index in [0.717, 1.165) is 12.1 Å². The maximum Gasteiger partial charge on any atom is 0.241 e. The van der Waals surface area contributed by atoms with Crippen LogP contribution in [-0.2, 0) is 6.54 Å². The minimum Gasteiger partial charge on any atom is -0.338 e. The zero-order chi connectivity index (χ0) is 16.2. The number of hydrogen-bond donors (Lipinski definition) is 0. The highest BCUT2D eigenvalue weighted by atomic mass is 16.5. The van der Waals surface area contributed by atoms with Crippen LogP contribution in [0, 0.1) is 0 Å². The summed E-state index contributed by atoms with van der Waals surface area (Å²) in [7, 11) is 2.16. The quantitative estimate of drug-likeness (QED) is 0.807. The molecule has 1 aliphatic rings. The molecule has 0 saturated heterocycles. The molecular formula is C19H27N3O. The number of rotatable bonds is 5. The Hall–Kier alpha value is -1.68. The molecule has 0 aliphatic heterocycles. The van der Waals surface area contributed by atoms with Gasteiger partial charge in [-0.25, -0.2) is 0 Å². The minimum absolute atomic E-state index is 0.536. The molecule has 4 heteroatoms. The molecule has 2 aromatic rings. The first kappa shape index (κ1) is 16.2. The molecule has 1 aromatic heterocycles. The molecule has 1 saturated carbocycles. The molecule has 3 rings (SSSR count). The average Bonchev–Trinajstić information content (AvgIpc) is 3.04. The summed E-state index contributed by atoms with van der Waals surface area (Å²) in [5, 5.41) is 4.15. The fraction of sp³-hybridized carbons (Fsp3) is 0.579. The van der Waals surface area contributed by atoms with Crippen LogP contribution in [-0.4, -0.2) is 28.1 Å². The maximum absolute atomic E-state index is 5.46. The third kappa shape index (κ3) is 3.99. The lowest BCUT2D eigenvalue weighted by Crippen LogP contribution is -2.32. The topological polar surface area (TPSA) is 42.2 Å². The van der Waals surface area contributed by atoms with Gasteiger partial charge < -0.3 is 4.52 Å². The van der Waals surface area contributed by atoms with E-state index < -0.39 is 0 Å². The van der Waals surface area contributed by atoms with Gasteiger partial charge in [-0.2, -0.15) is 4.98 Å². The Morgan fingerprint density at radius 2 is 1.83 bits per heavy atom. The Labute approximate surface area is 138 Å². The zero-order valence-corrected chi connectivity index (χ0v) is 14.5. The van der Waals surface area contributed by atoms with E-state index in [1.165, 1.54) is 37.7 Å². The van der Waals surface area contributed by atoms with Crippen molar-refractivity contribution < 1.29 is 4.52 Å². The second kappa shape index (κ2) is 7.26. The summed E-state index contributed by atoms with van der Waals surface area (Å²) >= 11 is 0. The molecule has 0 unspecified atom stereocenters. The molecule has 0 spiro atoms. The first-order valence-corrected chi connectivity index (χ1v) is 8.76. The monoisotopic (exact) mass is 313 g/mol. The predicted octanol–water partition coefficient (Wildman–Crippen LogP) is 4.62. The lowest BCUT2D eigenvalue weighted by atomic mass is 9.94. The van der Waals surface area contributed by atoms with E-state index >= 15 is 0 Å². The van der Waals surface area contributed by atoms with Gasteiger partial charge in [0.2, 0.25) is 11.7 Å². The van der Waals surface area contributed by atoms with Crippen LogP contribution in [0.15, 0.2) is 28.8 Å². The lowest BCUT2D eigenvalue weighted by molar-refractivity contribution is 0.165. The number of aromatic nitrogens is 2. The van der Waals surface area contributed by atoms with Crippen LogP contribution in [0.5, 0.6) is 0 Å². The van der Waals surface area contributed by atoms with Crippen molar-refractivity contribution in [2.45, 2.75) is 64.5 Å². The Kier molecular flexibility index (Phi) is 5.11. The Morgan fingerprint density at radius 1 is 1.13 bits per heavy atom. The van der Waals surface area contributed by atoms with Gasteiger partial charge in [-0.1, -0.05) is 62.5 Å². The number of hydrogen-bond acceptors (Lipinski definition) is 4. The largest absolute Gasteiger partial charge is 0.338 e. The van der Waals surface area contributed by atoms with Crippen molar-refractivity contribution in [2.24, 2.45) is 0 Å². The molecule has 1 aromatic carbocycles. The Morgan fingerprint density at radius 3 is 2.48 bits per heavy atom. The van der Waals surface area contributed by atoms with Gasteiger partial charge in [-0.05, 0) is 31.4 Å². The van der Waals surface area contributed by atoms with Gasteiger partial charge in [-0.3, -0.25) is 4.90 Å². The Bertz CT molecular complexity index is 612. The van der Waals surface area contributed by atoms with Crippen LogP contribution < -0.4 is 0 Å². The minimum atomic E-state index is 0.536. The van der Waals surface area contributed by atoms with Crippen LogP contribution in [0.1, 0.15) is 63.3 Å². The summed E-state index contributed by atoms with van der Waals surface area (Å²) < 4.78 is 5.46. The molecule has 23 heavy (non-hydrogen) atoms. The van der Waals surface area contributed by atoms with Crippen molar-refractivity contribution in [3.63, 3.8) is 0 Å². The van der Waals surface area contributed by atoms with Crippen LogP contribution in [0.3, 0.4) is 0 Å². The maximum atomic E-state index is 5.46. The molecule has 1 fully saturated rings. The van der Waals surface area contributed by atoms with E-state index in [1.807, 2.05) is 0 Å². The second-order valence-corrected chi connectivity index (χ2v) is 7.00. The van der Waals surface area contributed by atoms with Crippen LogP contribution >= 0.6 is 0 Å². The lowest BCUT2D eigenvalue weighted by Gasteiger charge is -2.29. The van der Waals surface area contributed by atoms with Crippen LogP contribution in [0.25, 0.3) is 11.4 Å². The zero-order valence-electron chi connectivity index (χ0n) is 14.5. The Balaban J connectivity index is 1.65. The molecule has 0 amide bonds. The van der Waals surface area contributed by atoms with Gasteiger partial charge in [0.15, 0.2) is 0 Å². The predicted molar refractivity (Wildman–Crippen MR) is 92.2 cm³/mol. The highest BCUT2D eigenvalue weighted by molar-refractivity contribution is 5.54. The molecule has 124 valence electrons. The van der Waals surface area contributed by atoms with Crippen molar-refractivity contribution in [1.29, 1.82) is 0 Å². The van der Waals surface area contributed by atoms with Crippen molar-refractivity contribution in [3.05, 3.63) is 35.7 Å². The van der Waals surface area contributed by atoms with Crippen molar-refractivity contribution >= 4 is 0 Å². The van der Waals surface area contributed by atoms with Gasteiger partial charge in [0.1, 0.15) is 0 Å². The third-order valence-corrected chi connectivity index (χ3v) is 4.89. The van der Waals surface area contributed by atoms with Gasteiger partial charge in [0.25, 0.3) is 0 Å². The standard InChI is InChI=1S/C19H27N3O/c1-14(2)15-9-11-16(12-10-15)19-20-18(23-21-19)13-22(3)17-7-5-4-6-8-17/h9-12,14,17H,4-8,13H2,1-3H3. The van der Waals surface area contributed by atoms with E-state index in [9.17, 15) is 0 Å². The number of nitrogens with zero attached hydrogens (tertiary/aromatic N) is 3. The van der Waals surface area contributed by atoms with Gasteiger partial charge >= 0.3 is 0 Å². The molecule has 0 N–H and O–H groups in total. The SMILES string of the molecule is CC(C)c1ccc(-c2noc(CN(C)C3CCCCC3)n2)cc1. The fourth-order valence-corrected chi connectivity index (χ4v) is 3.32. The van der Waals surface area contributed by atoms with Crippen molar-refractivity contribution in [1.82, 2.24) is 15.0 Å². The molecular weight excluding hydrogens is 286 g/mol. The normalized spacial score (nSPS) is 16.4. The summed E-state index contributed by atoms with van der Waals surface area (Å²) in [4.78, 5) is 6.93. The summed E-state index contributed by atoms with van der Waals surface area (Å²) in [6.07, 6.45) is 6.63. The van der Waals surface area contributed by atoms with E-state index in [0.29, 0.717) is 23.7 Å². The third-order valence-electron chi connectivity index (χ3n) is 4.89. The molecule has 4 nitrogen and oxygen atoms in total. The summed E-state index contributed by atoms with van der Waals surface area (Å²) in [6.45, 7) is 5.13. The van der Waals surface area contributed by atoms with Gasteiger partial charge in [-0.15, -0.1) is 0 Å². The molecule has 1 aliphatic carbocycles. The second-order valence-electron chi connectivity index (χ2n) is 7.00. The highest BCUT2D eigenvalue weighted by Crippen LogP contribution is 2.24. The smallest absolute Gasteiger partial charge is 0.241 e. The fourth-order valence-electron chi connectivity index (χ4n) is 3.32. The summed E-state index contributed by atoms with van der Waals surface area (Å²) in [5.74, 6) is 1.93. The van der Waals surface area contributed by atoms with E-state index in [1.54, 1.807) is 0 Å².